The first-order valence-electron chi connectivity index (χ1n) is 5.05. The highest BCUT2D eigenvalue weighted by Crippen LogP contribution is 2.25. The molecule has 0 saturated carbocycles. The second kappa shape index (κ2) is 4.39. The monoisotopic (exact) mass is 220 g/mol. The predicted octanol–water partition coefficient (Wildman–Crippen LogP) is 2.73. The van der Waals surface area contributed by atoms with Gasteiger partial charge in [-0.1, -0.05) is 32.9 Å². The summed E-state index contributed by atoms with van der Waals surface area (Å²) in [6.45, 7) is 5.52. The first-order valence-corrected chi connectivity index (χ1v) is 5.05. The van der Waals surface area contributed by atoms with Gasteiger partial charge in [0, 0.05) is 5.41 Å². The van der Waals surface area contributed by atoms with Crippen molar-refractivity contribution in [3.05, 3.63) is 29.8 Å². The fraction of sp³-hybridized carbons (Fsp3) is 0.308. The van der Waals surface area contributed by atoms with Crippen LogP contribution in [-0.4, -0.2) is 16.0 Å². The lowest BCUT2D eigenvalue weighted by Gasteiger charge is -2.12. The molecule has 0 amide bonds. The Morgan fingerprint density at radius 3 is 2.31 bits per heavy atom. The van der Waals surface area contributed by atoms with Gasteiger partial charge in [-0.05, 0) is 23.8 Å². The van der Waals surface area contributed by atoms with Gasteiger partial charge in [0.1, 0.15) is 0 Å². The normalized spacial score (nSPS) is 11.9. The molecule has 3 nitrogen and oxygen atoms in total. The zero-order valence-corrected chi connectivity index (χ0v) is 9.69. The molecule has 1 aromatic carbocycles. The van der Waals surface area contributed by atoms with E-state index in [4.69, 9.17) is 5.11 Å². The molecule has 0 heterocycles. The topological polar surface area (TPSA) is 57.5 Å². The Hall–Kier alpha value is -1.77. The van der Waals surface area contributed by atoms with Gasteiger partial charge in [0.2, 0.25) is 0 Å². The molecule has 0 aliphatic heterocycles. The third kappa shape index (κ3) is 3.12. The van der Waals surface area contributed by atoms with Crippen LogP contribution in [0, 0.1) is 5.41 Å². The third-order valence-corrected chi connectivity index (χ3v) is 2.17. The van der Waals surface area contributed by atoms with E-state index in [1.54, 1.807) is 12.1 Å². The number of hydrogen-bond acceptors (Lipinski definition) is 3. The van der Waals surface area contributed by atoms with Crippen LogP contribution in [0.15, 0.2) is 24.3 Å². The van der Waals surface area contributed by atoms with Gasteiger partial charge in [-0.2, -0.15) is 0 Å². The molecule has 0 bridgehead atoms. The standard InChI is InChI=1S/C13H16O3/c1-13(2,3)12(16)7-5-9-4-6-10(14)11(15)8-9/h4-8,14-15H,1-3H3/b7-5+. The highest BCUT2D eigenvalue weighted by Gasteiger charge is 2.17. The van der Waals surface area contributed by atoms with Crippen LogP contribution in [0.3, 0.4) is 0 Å². The van der Waals surface area contributed by atoms with E-state index in [1.807, 2.05) is 20.8 Å². The Kier molecular flexibility index (Phi) is 3.38. The number of carbonyl (C=O) groups is 1. The minimum Gasteiger partial charge on any atom is -0.504 e. The van der Waals surface area contributed by atoms with Crippen molar-refractivity contribution in [3.63, 3.8) is 0 Å². The molecule has 0 saturated heterocycles. The molecule has 0 atom stereocenters. The number of allylic oxidation sites excluding steroid dienone is 1. The van der Waals surface area contributed by atoms with E-state index in [-0.39, 0.29) is 17.3 Å². The van der Waals surface area contributed by atoms with E-state index in [2.05, 4.69) is 0 Å². The molecule has 0 aromatic heterocycles. The van der Waals surface area contributed by atoms with Crippen LogP contribution in [-0.2, 0) is 4.79 Å². The molecule has 3 heteroatoms. The molecule has 16 heavy (non-hydrogen) atoms. The second-order valence-electron chi connectivity index (χ2n) is 4.70. The van der Waals surface area contributed by atoms with Crippen molar-refractivity contribution in [2.24, 2.45) is 5.41 Å². The molecule has 86 valence electrons. The van der Waals surface area contributed by atoms with E-state index < -0.39 is 5.41 Å². The van der Waals surface area contributed by atoms with Crippen LogP contribution in [0.5, 0.6) is 11.5 Å². The van der Waals surface area contributed by atoms with Crippen molar-refractivity contribution >= 4 is 11.9 Å². The summed E-state index contributed by atoms with van der Waals surface area (Å²) in [5.74, 6) is -0.343. The second-order valence-corrected chi connectivity index (χ2v) is 4.70. The average molecular weight is 220 g/mol. The van der Waals surface area contributed by atoms with E-state index in [0.717, 1.165) is 0 Å². The number of phenolic OH excluding ortho intramolecular Hbond substituents is 2. The summed E-state index contributed by atoms with van der Waals surface area (Å²) in [4.78, 5) is 11.6. The largest absolute Gasteiger partial charge is 0.504 e. The van der Waals surface area contributed by atoms with Gasteiger partial charge in [-0.15, -0.1) is 0 Å². The Morgan fingerprint density at radius 2 is 1.81 bits per heavy atom. The first kappa shape index (κ1) is 12.3. The fourth-order valence-corrected chi connectivity index (χ4v) is 1.07. The smallest absolute Gasteiger partial charge is 0.161 e. The molecule has 1 rings (SSSR count). The number of phenols is 2. The number of hydrogen-bond donors (Lipinski definition) is 2. The zero-order chi connectivity index (χ0) is 12.3. The fourth-order valence-electron chi connectivity index (χ4n) is 1.07. The van der Waals surface area contributed by atoms with Crippen LogP contribution in [0.4, 0.5) is 0 Å². The molecule has 0 unspecified atom stereocenters. The molecule has 1 aromatic rings. The van der Waals surface area contributed by atoms with Crippen molar-refractivity contribution in [1.29, 1.82) is 0 Å². The SMILES string of the molecule is CC(C)(C)C(=O)/C=C/c1ccc(O)c(O)c1. The number of aromatic hydroxyl groups is 2. The maximum absolute atomic E-state index is 11.6. The summed E-state index contributed by atoms with van der Waals surface area (Å²) in [6, 6.07) is 4.42. The Bertz CT molecular complexity index is 425. The molecular formula is C13H16O3. The predicted molar refractivity (Wildman–Crippen MR) is 63.3 cm³/mol. The van der Waals surface area contributed by atoms with Crippen LogP contribution in [0.25, 0.3) is 6.08 Å². The van der Waals surface area contributed by atoms with E-state index in [9.17, 15) is 9.90 Å². The van der Waals surface area contributed by atoms with Crippen LogP contribution < -0.4 is 0 Å². The maximum atomic E-state index is 11.6. The van der Waals surface area contributed by atoms with Crippen LogP contribution in [0.1, 0.15) is 26.3 Å². The summed E-state index contributed by atoms with van der Waals surface area (Å²) in [7, 11) is 0. The van der Waals surface area contributed by atoms with Crippen molar-refractivity contribution in [2.45, 2.75) is 20.8 Å². The third-order valence-electron chi connectivity index (χ3n) is 2.17. The lowest BCUT2D eigenvalue weighted by molar-refractivity contribution is -0.121. The zero-order valence-electron chi connectivity index (χ0n) is 9.69. The highest BCUT2D eigenvalue weighted by atomic mass is 16.3. The Labute approximate surface area is 95.0 Å². The van der Waals surface area contributed by atoms with E-state index in [0.29, 0.717) is 5.56 Å². The minimum atomic E-state index is -0.407. The molecule has 0 aliphatic carbocycles. The summed E-state index contributed by atoms with van der Waals surface area (Å²) in [5.41, 5.74) is 0.267. The average Bonchev–Trinajstić information content (AvgIpc) is 2.18. The minimum absolute atomic E-state index is 0.0139. The number of ketones is 1. The molecule has 0 aliphatic rings. The number of rotatable bonds is 2. The molecule has 2 N–H and O–H groups in total. The first-order chi connectivity index (χ1) is 7.30. The molecule has 0 spiro atoms. The molecule has 0 radical (unpaired) electrons. The summed E-state index contributed by atoms with van der Waals surface area (Å²) >= 11 is 0. The van der Waals surface area contributed by atoms with E-state index >= 15 is 0 Å². The van der Waals surface area contributed by atoms with Crippen molar-refractivity contribution in [2.75, 3.05) is 0 Å². The van der Waals surface area contributed by atoms with Crippen molar-refractivity contribution in [1.82, 2.24) is 0 Å². The van der Waals surface area contributed by atoms with Gasteiger partial charge in [0.05, 0.1) is 0 Å². The van der Waals surface area contributed by atoms with Gasteiger partial charge < -0.3 is 10.2 Å². The lowest BCUT2D eigenvalue weighted by atomic mass is 9.90. The van der Waals surface area contributed by atoms with Crippen molar-refractivity contribution < 1.29 is 15.0 Å². The van der Waals surface area contributed by atoms with Gasteiger partial charge in [-0.25, -0.2) is 0 Å². The van der Waals surface area contributed by atoms with Gasteiger partial charge >= 0.3 is 0 Å². The Balaban J connectivity index is 2.85. The quantitative estimate of drug-likeness (QED) is 0.595. The highest BCUT2D eigenvalue weighted by molar-refractivity contribution is 5.97. The molecular weight excluding hydrogens is 204 g/mol. The lowest BCUT2D eigenvalue weighted by Crippen LogP contribution is -2.17. The summed E-state index contributed by atoms with van der Waals surface area (Å²) in [6.07, 6.45) is 3.10. The van der Waals surface area contributed by atoms with Gasteiger partial charge in [0.25, 0.3) is 0 Å². The molecule has 0 fully saturated rings. The number of benzene rings is 1. The maximum Gasteiger partial charge on any atom is 0.161 e. The summed E-state index contributed by atoms with van der Waals surface area (Å²) < 4.78 is 0. The van der Waals surface area contributed by atoms with Crippen LogP contribution >= 0.6 is 0 Å². The number of carbonyl (C=O) groups excluding carboxylic acids is 1. The van der Waals surface area contributed by atoms with E-state index in [1.165, 1.54) is 18.2 Å². The van der Waals surface area contributed by atoms with Gasteiger partial charge in [0.15, 0.2) is 17.3 Å². The van der Waals surface area contributed by atoms with Gasteiger partial charge in [-0.3, -0.25) is 4.79 Å². The van der Waals surface area contributed by atoms with Crippen molar-refractivity contribution in [3.8, 4) is 11.5 Å². The van der Waals surface area contributed by atoms with Crippen LogP contribution in [0.2, 0.25) is 0 Å². The summed E-state index contributed by atoms with van der Waals surface area (Å²) in [5, 5.41) is 18.4. The Morgan fingerprint density at radius 1 is 1.19 bits per heavy atom.